The summed E-state index contributed by atoms with van der Waals surface area (Å²) in [7, 11) is 0. The van der Waals surface area contributed by atoms with Gasteiger partial charge in [-0.15, -0.1) is 6.58 Å². The van der Waals surface area contributed by atoms with Gasteiger partial charge in [0, 0.05) is 31.4 Å². The number of carbonyl (C=O) groups excluding carboxylic acids is 1. The van der Waals surface area contributed by atoms with E-state index in [1.807, 2.05) is 19.9 Å². The van der Waals surface area contributed by atoms with Gasteiger partial charge in [-0.05, 0) is 26.7 Å². The zero-order chi connectivity index (χ0) is 15.9. The largest absolute Gasteiger partial charge is 0.478 e. The summed E-state index contributed by atoms with van der Waals surface area (Å²) in [5.74, 6) is 1.27. The van der Waals surface area contributed by atoms with E-state index in [9.17, 15) is 4.79 Å². The number of aryl methyl sites for hydroxylation is 1. The molecule has 1 amide bonds. The maximum Gasteiger partial charge on any atom is 0.228 e. The van der Waals surface area contributed by atoms with E-state index in [4.69, 9.17) is 4.74 Å². The molecule has 0 bridgehead atoms. The van der Waals surface area contributed by atoms with Crippen molar-refractivity contribution < 1.29 is 9.53 Å². The molecule has 6 heteroatoms. The molecule has 2 rings (SSSR count). The number of hydrogen-bond acceptors (Lipinski definition) is 5. The molecule has 0 spiro atoms. The van der Waals surface area contributed by atoms with Crippen LogP contribution in [0.25, 0.3) is 0 Å². The van der Waals surface area contributed by atoms with Crippen LogP contribution in [0.1, 0.15) is 25.5 Å². The minimum Gasteiger partial charge on any atom is -0.478 e. The minimum atomic E-state index is -0.0339. The number of nitrogens with one attached hydrogen (secondary N) is 1. The van der Waals surface area contributed by atoms with Gasteiger partial charge in [0.15, 0.2) is 0 Å². The first-order valence-corrected chi connectivity index (χ1v) is 7.76. The van der Waals surface area contributed by atoms with Crippen LogP contribution >= 0.6 is 0 Å². The van der Waals surface area contributed by atoms with Gasteiger partial charge in [-0.3, -0.25) is 4.79 Å². The Balaban J connectivity index is 2.08. The van der Waals surface area contributed by atoms with Crippen LogP contribution in [0.2, 0.25) is 0 Å². The summed E-state index contributed by atoms with van der Waals surface area (Å²) in [6.07, 6.45) is 3.54. The molecule has 0 radical (unpaired) electrons. The summed E-state index contributed by atoms with van der Waals surface area (Å²) in [4.78, 5) is 23.1. The Bertz CT molecular complexity index is 533. The lowest BCUT2D eigenvalue weighted by atomic mass is 9.97. The molecule has 22 heavy (non-hydrogen) atoms. The molecule has 1 saturated heterocycles. The number of carbonyl (C=O) groups is 1. The highest BCUT2D eigenvalue weighted by Gasteiger charge is 2.27. The molecule has 6 nitrogen and oxygen atoms in total. The van der Waals surface area contributed by atoms with E-state index in [1.165, 1.54) is 0 Å². The van der Waals surface area contributed by atoms with E-state index in [1.54, 1.807) is 6.08 Å². The van der Waals surface area contributed by atoms with Crippen LogP contribution in [-0.2, 0) is 4.79 Å². The van der Waals surface area contributed by atoms with Crippen molar-refractivity contribution in [1.29, 1.82) is 0 Å². The number of hydrogen-bond donors (Lipinski definition) is 1. The van der Waals surface area contributed by atoms with Crippen LogP contribution in [0.3, 0.4) is 0 Å². The summed E-state index contributed by atoms with van der Waals surface area (Å²) >= 11 is 0. The Morgan fingerprint density at radius 2 is 2.41 bits per heavy atom. The first kappa shape index (κ1) is 16.3. The van der Waals surface area contributed by atoms with Crippen molar-refractivity contribution >= 4 is 11.9 Å². The molecule has 1 unspecified atom stereocenters. The normalized spacial score (nSPS) is 17.9. The zero-order valence-corrected chi connectivity index (χ0v) is 13.3. The molecule has 1 fully saturated rings. The fraction of sp³-hybridized carbons (Fsp3) is 0.562. The second-order valence-electron chi connectivity index (χ2n) is 5.40. The Morgan fingerprint density at radius 3 is 3.14 bits per heavy atom. The Morgan fingerprint density at radius 1 is 1.59 bits per heavy atom. The van der Waals surface area contributed by atoms with Gasteiger partial charge in [-0.1, -0.05) is 6.08 Å². The van der Waals surface area contributed by atoms with E-state index in [0.29, 0.717) is 31.5 Å². The SMILES string of the molecule is C=CCNC(=O)C1CCCN(c2nc(C)cc(OCC)n2)C1. The maximum absolute atomic E-state index is 12.1. The predicted octanol–water partition coefficient (Wildman–Crippen LogP) is 1.70. The van der Waals surface area contributed by atoms with E-state index < -0.39 is 0 Å². The van der Waals surface area contributed by atoms with Gasteiger partial charge in [0.2, 0.25) is 17.7 Å². The first-order valence-electron chi connectivity index (χ1n) is 7.76. The third-order valence-electron chi connectivity index (χ3n) is 3.61. The summed E-state index contributed by atoms with van der Waals surface area (Å²) in [6, 6.07) is 1.82. The molecule has 1 aliphatic rings. The van der Waals surface area contributed by atoms with Crippen molar-refractivity contribution in [3.05, 3.63) is 24.4 Å². The van der Waals surface area contributed by atoms with Crippen LogP contribution in [0, 0.1) is 12.8 Å². The predicted molar refractivity (Wildman–Crippen MR) is 86.1 cm³/mol. The number of amides is 1. The molecule has 1 atom stereocenters. The van der Waals surface area contributed by atoms with Crippen molar-refractivity contribution in [1.82, 2.24) is 15.3 Å². The van der Waals surface area contributed by atoms with Gasteiger partial charge in [0.1, 0.15) is 0 Å². The van der Waals surface area contributed by atoms with E-state index in [-0.39, 0.29) is 11.8 Å². The van der Waals surface area contributed by atoms with Crippen molar-refractivity contribution in [2.45, 2.75) is 26.7 Å². The number of piperidine rings is 1. The molecule has 0 aliphatic carbocycles. The van der Waals surface area contributed by atoms with E-state index in [2.05, 4.69) is 26.8 Å². The third-order valence-corrected chi connectivity index (χ3v) is 3.61. The number of anilines is 1. The molecule has 0 saturated carbocycles. The highest BCUT2D eigenvalue weighted by molar-refractivity contribution is 5.79. The van der Waals surface area contributed by atoms with Gasteiger partial charge in [0.25, 0.3) is 0 Å². The quantitative estimate of drug-likeness (QED) is 0.810. The number of aromatic nitrogens is 2. The third kappa shape index (κ3) is 4.19. The van der Waals surface area contributed by atoms with Crippen molar-refractivity contribution in [3.8, 4) is 5.88 Å². The summed E-state index contributed by atoms with van der Waals surface area (Å²) < 4.78 is 5.48. The molecule has 2 heterocycles. The molecule has 0 aromatic carbocycles. The number of nitrogens with zero attached hydrogens (tertiary/aromatic N) is 3. The van der Waals surface area contributed by atoms with Crippen LogP contribution in [-0.4, -0.2) is 42.1 Å². The average molecular weight is 304 g/mol. The van der Waals surface area contributed by atoms with Crippen molar-refractivity contribution in [2.75, 3.05) is 31.1 Å². The lowest BCUT2D eigenvalue weighted by Gasteiger charge is -2.32. The average Bonchev–Trinajstić information content (AvgIpc) is 2.52. The van der Waals surface area contributed by atoms with E-state index >= 15 is 0 Å². The molecule has 1 aromatic heterocycles. The second kappa shape index (κ2) is 7.77. The lowest BCUT2D eigenvalue weighted by molar-refractivity contribution is -0.125. The monoisotopic (exact) mass is 304 g/mol. The molecular formula is C16H24N4O2. The first-order chi connectivity index (χ1) is 10.6. The molecule has 1 aromatic rings. The Kier molecular flexibility index (Phi) is 5.75. The Hall–Kier alpha value is -2.11. The van der Waals surface area contributed by atoms with Crippen molar-refractivity contribution in [3.63, 3.8) is 0 Å². The highest BCUT2D eigenvalue weighted by Crippen LogP contribution is 2.22. The van der Waals surface area contributed by atoms with Crippen LogP contribution < -0.4 is 15.0 Å². The zero-order valence-electron chi connectivity index (χ0n) is 13.3. The van der Waals surface area contributed by atoms with Gasteiger partial charge < -0.3 is 15.0 Å². The Labute approximate surface area is 131 Å². The van der Waals surface area contributed by atoms with Crippen molar-refractivity contribution in [2.24, 2.45) is 5.92 Å². The molecule has 120 valence electrons. The fourth-order valence-electron chi connectivity index (χ4n) is 2.58. The molecule has 1 N–H and O–H groups in total. The van der Waals surface area contributed by atoms with Gasteiger partial charge in [-0.25, -0.2) is 4.98 Å². The standard InChI is InChI=1S/C16H24N4O2/c1-4-8-17-15(21)13-7-6-9-20(11-13)16-18-12(3)10-14(19-16)22-5-2/h4,10,13H,1,5-9,11H2,2-3H3,(H,17,21). The van der Waals surface area contributed by atoms with Gasteiger partial charge in [-0.2, -0.15) is 4.98 Å². The minimum absolute atomic E-state index is 0.0339. The molecular weight excluding hydrogens is 280 g/mol. The van der Waals surface area contributed by atoms with Gasteiger partial charge in [0.05, 0.1) is 12.5 Å². The smallest absolute Gasteiger partial charge is 0.228 e. The number of rotatable bonds is 6. The highest BCUT2D eigenvalue weighted by atomic mass is 16.5. The summed E-state index contributed by atoms with van der Waals surface area (Å²) in [5.41, 5.74) is 0.867. The summed E-state index contributed by atoms with van der Waals surface area (Å²) in [6.45, 7) is 10.0. The lowest BCUT2D eigenvalue weighted by Crippen LogP contribution is -2.43. The topological polar surface area (TPSA) is 67.4 Å². The maximum atomic E-state index is 12.1. The number of ether oxygens (including phenoxy) is 1. The fourth-order valence-corrected chi connectivity index (χ4v) is 2.58. The van der Waals surface area contributed by atoms with Gasteiger partial charge >= 0.3 is 0 Å². The van der Waals surface area contributed by atoms with Crippen LogP contribution in [0.15, 0.2) is 18.7 Å². The second-order valence-corrected chi connectivity index (χ2v) is 5.40. The van der Waals surface area contributed by atoms with Crippen LogP contribution in [0.5, 0.6) is 5.88 Å². The van der Waals surface area contributed by atoms with E-state index in [0.717, 1.165) is 25.1 Å². The summed E-state index contributed by atoms with van der Waals surface area (Å²) in [5, 5.41) is 2.87. The molecule has 1 aliphatic heterocycles. The van der Waals surface area contributed by atoms with Crippen LogP contribution in [0.4, 0.5) is 5.95 Å².